The molecule has 0 aliphatic heterocycles. The van der Waals surface area contributed by atoms with Crippen LogP contribution >= 0.6 is 0 Å². The predicted molar refractivity (Wildman–Crippen MR) is 68.5 cm³/mol. The molecule has 0 N–H and O–H groups in total. The monoisotopic (exact) mass is 284 g/mol. The van der Waals surface area contributed by atoms with E-state index in [0.717, 1.165) is 11.4 Å². The zero-order valence-electron chi connectivity index (χ0n) is 11.2. The second-order valence-electron chi connectivity index (χ2n) is 4.76. The molecule has 1 heterocycles. The zero-order chi connectivity index (χ0) is 14.8. The van der Waals surface area contributed by atoms with Crippen LogP contribution in [0.5, 0.6) is 5.75 Å². The Hall–Kier alpha value is -1.98. The summed E-state index contributed by atoms with van der Waals surface area (Å²) >= 11 is 0. The Labute approximate surface area is 115 Å². The van der Waals surface area contributed by atoms with E-state index in [1.165, 1.54) is 12.1 Å². The number of ether oxygens (including phenoxy) is 1. The van der Waals surface area contributed by atoms with E-state index in [1.54, 1.807) is 18.3 Å². The van der Waals surface area contributed by atoms with Crippen LogP contribution in [-0.2, 0) is 6.54 Å². The van der Waals surface area contributed by atoms with Gasteiger partial charge in [-0.25, -0.2) is 4.98 Å². The molecule has 0 saturated carbocycles. The van der Waals surface area contributed by atoms with Crippen LogP contribution in [0.25, 0.3) is 0 Å². The van der Waals surface area contributed by atoms with Crippen molar-refractivity contribution in [3.05, 3.63) is 48.0 Å². The van der Waals surface area contributed by atoms with Gasteiger partial charge in [-0.15, -0.1) is 13.2 Å². The van der Waals surface area contributed by atoms with Crippen molar-refractivity contribution >= 4 is 0 Å². The Morgan fingerprint density at radius 1 is 1.20 bits per heavy atom. The maximum Gasteiger partial charge on any atom is 0.573 e. The molecule has 0 amide bonds. The standard InChI is InChI=1S/C14H15F3N2O/c1-10(2)13-18-7-8-19(13)9-11-3-5-12(6-4-11)20-14(15,16)17/h3-8,10H,9H2,1-2H3. The van der Waals surface area contributed by atoms with Gasteiger partial charge in [-0.2, -0.15) is 0 Å². The summed E-state index contributed by atoms with van der Waals surface area (Å²) in [5, 5.41) is 0. The minimum Gasteiger partial charge on any atom is -0.406 e. The summed E-state index contributed by atoms with van der Waals surface area (Å²) < 4.78 is 42.0. The molecule has 6 heteroatoms. The minimum atomic E-state index is -4.66. The number of hydrogen-bond donors (Lipinski definition) is 0. The lowest BCUT2D eigenvalue weighted by atomic mass is 10.2. The lowest BCUT2D eigenvalue weighted by molar-refractivity contribution is -0.274. The molecule has 0 atom stereocenters. The molecule has 0 fully saturated rings. The Morgan fingerprint density at radius 3 is 2.40 bits per heavy atom. The highest BCUT2D eigenvalue weighted by atomic mass is 19.4. The summed E-state index contributed by atoms with van der Waals surface area (Å²) in [7, 11) is 0. The molecule has 108 valence electrons. The van der Waals surface area contributed by atoms with Crippen molar-refractivity contribution in [1.29, 1.82) is 0 Å². The summed E-state index contributed by atoms with van der Waals surface area (Å²) in [4.78, 5) is 4.27. The summed E-state index contributed by atoms with van der Waals surface area (Å²) in [5.74, 6) is 1.02. The van der Waals surface area contributed by atoms with E-state index in [9.17, 15) is 13.2 Å². The molecule has 2 rings (SSSR count). The molecule has 0 aliphatic carbocycles. The summed E-state index contributed by atoms with van der Waals surface area (Å²) in [6.45, 7) is 4.65. The molecule has 2 aromatic rings. The SMILES string of the molecule is CC(C)c1nccn1Cc1ccc(OC(F)(F)F)cc1. The molecular formula is C14H15F3N2O. The molecule has 1 aromatic heterocycles. The molecule has 20 heavy (non-hydrogen) atoms. The first kappa shape index (κ1) is 14.4. The van der Waals surface area contributed by atoms with Crippen LogP contribution in [-0.4, -0.2) is 15.9 Å². The van der Waals surface area contributed by atoms with Gasteiger partial charge in [0, 0.05) is 24.9 Å². The highest BCUT2D eigenvalue weighted by Gasteiger charge is 2.30. The average Bonchev–Trinajstić information content (AvgIpc) is 2.78. The molecule has 1 aromatic carbocycles. The normalized spacial score (nSPS) is 11.9. The maximum atomic E-state index is 12.1. The van der Waals surface area contributed by atoms with E-state index in [-0.39, 0.29) is 11.7 Å². The molecule has 3 nitrogen and oxygen atoms in total. The summed E-state index contributed by atoms with van der Waals surface area (Å²) in [6, 6.07) is 5.86. The van der Waals surface area contributed by atoms with Gasteiger partial charge in [-0.3, -0.25) is 0 Å². The molecule has 0 bridgehead atoms. The van der Waals surface area contributed by atoms with Gasteiger partial charge in [-0.1, -0.05) is 26.0 Å². The summed E-state index contributed by atoms with van der Waals surface area (Å²) in [5.41, 5.74) is 0.888. The Balaban J connectivity index is 2.09. The maximum absolute atomic E-state index is 12.1. The number of nitrogens with zero attached hydrogens (tertiary/aromatic N) is 2. The Kier molecular flexibility index (Phi) is 4.01. The number of imidazole rings is 1. The fraction of sp³-hybridized carbons (Fsp3) is 0.357. The largest absolute Gasteiger partial charge is 0.573 e. The fourth-order valence-corrected chi connectivity index (χ4v) is 1.95. The third kappa shape index (κ3) is 3.76. The van der Waals surface area contributed by atoms with Crippen molar-refractivity contribution in [2.45, 2.75) is 32.7 Å². The minimum absolute atomic E-state index is 0.212. The molecular weight excluding hydrogens is 269 g/mol. The number of aromatic nitrogens is 2. The first-order chi connectivity index (χ1) is 9.35. The van der Waals surface area contributed by atoms with Crippen LogP contribution in [0.4, 0.5) is 13.2 Å². The number of hydrogen-bond acceptors (Lipinski definition) is 2. The van der Waals surface area contributed by atoms with Crippen molar-refractivity contribution in [3.8, 4) is 5.75 Å². The van der Waals surface area contributed by atoms with Crippen LogP contribution in [0.15, 0.2) is 36.7 Å². The lowest BCUT2D eigenvalue weighted by Gasteiger charge is -2.12. The van der Waals surface area contributed by atoms with Crippen molar-refractivity contribution in [3.63, 3.8) is 0 Å². The third-order valence-electron chi connectivity index (χ3n) is 2.77. The smallest absolute Gasteiger partial charge is 0.406 e. The van der Waals surface area contributed by atoms with E-state index in [1.807, 2.05) is 24.6 Å². The van der Waals surface area contributed by atoms with Gasteiger partial charge >= 0.3 is 6.36 Å². The van der Waals surface area contributed by atoms with E-state index in [0.29, 0.717) is 6.54 Å². The Morgan fingerprint density at radius 2 is 1.85 bits per heavy atom. The van der Waals surface area contributed by atoms with Crippen molar-refractivity contribution in [1.82, 2.24) is 9.55 Å². The lowest BCUT2D eigenvalue weighted by Crippen LogP contribution is -2.17. The average molecular weight is 284 g/mol. The molecule has 0 radical (unpaired) electrons. The van der Waals surface area contributed by atoms with E-state index < -0.39 is 6.36 Å². The van der Waals surface area contributed by atoms with Gasteiger partial charge in [-0.05, 0) is 17.7 Å². The van der Waals surface area contributed by atoms with Crippen LogP contribution in [0.1, 0.15) is 31.2 Å². The van der Waals surface area contributed by atoms with Crippen molar-refractivity contribution < 1.29 is 17.9 Å². The first-order valence-corrected chi connectivity index (χ1v) is 6.21. The molecule has 0 aliphatic rings. The van der Waals surface area contributed by atoms with Crippen LogP contribution in [0, 0.1) is 0 Å². The highest BCUT2D eigenvalue weighted by molar-refractivity contribution is 5.27. The Bertz CT molecular complexity index is 559. The van der Waals surface area contributed by atoms with Crippen molar-refractivity contribution in [2.75, 3.05) is 0 Å². The topological polar surface area (TPSA) is 27.1 Å². The van der Waals surface area contributed by atoms with Crippen LogP contribution in [0.2, 0.25) is 0 Å². The quantitative estimate of drug-likeness (QED) is 0.850. The molecule has 0 spiro atoms. The van der Waals surface area contributed by atoms with Gasteiger partial charge in [0.25, 0.3) is 0 Å². The molecule has 0 saturated heterocycles. The second kappa shape index (κ2) is 5.56. The predicted octanol–water partition coefficient (Wildman–Crippen LogP) is 3.95. The zero-order valence-corrected chi connectivity index (χ0v) is 11.2. The van der Waals surface area contributed by atoms with Gasteiger partial charge in [0.1, 0.15) is 11.6 Å². The number of alkyl halides is 3. The van der Waals surface area contributed by atoms with E-state index >= 15 is 0 Å². The second-order valence-corrected chi connectivity index (χ2v) is 4.76. The fourth-order valence-electron chi connectivity index (χ4n) is 1.95. The summed E-state index contributed by atoms with van der Waals surface area (Å²) in [6.07, 6.45) is -1.08. The molecule has 0 unspecified atom stereocenters. The van der Waals surface area contributed by atoms with Crippen LogP contribution in [0.3, 0.4) is 0 Å². The van der Waals surface area contributed by atoms with Crippen molar-refractivity contribution in [2.24, 2.45) is 0 Å². The number of rotatable bonds is 4. The van der Waals surface area contributed by atoms with Crippen LogP contribution < -0.4 is 4.74 Å². The van der Waals surface area contributed by atoms with Gasteiger partial charge < -0.3 is 9.30 Å². The number of benzene rings is 1. The van der Waals surface area contributed by atoms with Gasteiger partial charge in [0.15, 0.2) is 0 Å². The van der Waals surface area contributed by atoms with Gasteiger partial charge in [0.05, 0.1) is 0 Å². The van der Waals surface area contributed by atoms with E-state index in [4.69, 9.17) is 0 Å². The van der Waals surface area contributed by atoms with Gasteiger partial charge in [0.2, 0.25) is 0 Å². The first-order valence-electron chi connectivity index (χ1n) is 6.21. The third-order valence-corrected chi connectivity index (χ3v) is 2.77. The highest BCUT2D eigenvalue weighted by Crippen LogP contribution is 2.23. The van der Waals surface area contributed by atoms with E-state index in [2.05, 4.69) is 9.72 Å². The number of halogens is 3.